The molecule has 0 amide bonds. The molecule has 0 radical (unpaired) electrons. The van der Waals surface area contributed by atoms with Gasteiger partial charge < -0.3 is 14.9 Å². The van der Waals surface area contributed by atoms with Crippen LogP contribution in [0.4, 0.5) is 5.69 Å². The number of rotatable bonds is 4. The lowest BCUT2D eigenvalue weighted by Gasteiger charge is -2.30. The molecule has 1 heterocycles. The first-order valence-electron chi connectivity index (χ1n) is 7.06. The number of Topliss-reactive ketones (excluding diaryl/α,β-unsaturated/α-hetero) is 1. The summed E-state index contributed by atoms with van der Waals surface area (Å²) < 4.78 is 10.6. The second kappa shape index (κ2) is 6.07. The summed E-state index contributed by atoms with van der Waals surface area (Å²) in [6.45, 7) is 0.970. The number of hydrazine groups is 1. The second-order valence-corrected chi connectivity index (χ2v) is 5.13. The predicted molar refractivity (Wildman–Crippen MR) is 84.4 cm³/mol. The van der Waals surface area contributed by atoms with E-state index in [9.17, 15) is 4.79 Å². The fourth-order valence-electron chi connectivity index (χ4n) is 2.57. The molecule has 0 unspecified atom stereocenters. The highest BCUT2D eigenvalue weighted by Crippen LogP contribution is 2.35. The number of methoxy groups -OCH3 is 2. The molecule has 0 aromatic heterocycles. The molecule has 114 valence electrons. The molecular weight excluding hydrogens is 280 g/mol. The number of hydrogen-bond acceptors (Lipinski definition) is 5. The Morgan fingerprint density at radius 3 is 2.45 bits per heavy atom. The number of benzene rings is 2. The van der Waals surface area contributed by atoms with Gasteiger partial charge in [0.1, 0.15) is 0 Å². The van der Waals surface area contributed by atoms with Crippen LogP contribution in [0.5, 0.6) is 11.5 Å². The summed E-state index contributed by atoms with van der Waals surface area (Å²) in [6, 6.07) is 13.6. The Kier molecular flexibility index (Phi) is 3.98. The highest BCUT2D eigenvalue weighted by Gasteiger charge is 2.25. The van der Waals surface area contributed by atoms with Gasteiger partial charge in [0.25, 0.3) is 0 Å². The number of ketones is 1. The highest BCUT2D eigenvalue weighted by molar-refractivity contribution is 6.04. The van der Waals surface area contributed by atoms with Crippen molar-refractivity contribution in [3.05, 3.63) is 53.6 Å². The average molecular weight is 298 g/mol. The molecule has 1 aliphatic heterocycles. The van der Waals surface area contributed by atoms with Crippen LogP contribution in [-0.2, 0) is 6.54 Å². The van der Waals surface area contributed by atoms with Crippen molar-refractivity contribution in [2.24, 2.45) is 0 Å². The van der Waals surface area contributed by atoms with Gasteiger partial charge in [-0.25, -0.2) is 5.01 Å². The van der Waals surface area contributed by atoms with Crippen LogP contribution in [0, 0.1) is 0 Å². The molecule has 22 heavy (non-hydrogen) atoms. The fourth-order valence-corrected chi connectivity index (χ4v) is 2.57. The molecule has 0 atom stereocenters. The number of carbonyl (C=O) groups is 1. The lowest BCUT2D eigenvalue weighted by molar-refractivity contribution is 0.0929. The maximum atomic E-state index is 12.4. The highest BCUT2D eigenvalue weighted by atomic mass is 16.5. The molecule has 5 heteroatoms. The predicted octanol–water partition coefficient (Wildman–Crippen LogP) is 2.73. The number of anilines is 1. The number of fused-ring (bicyclic) bond motifs is 1. The van der Waals surface area contributed by atoms with Crippen molar-refractivity contribution in [2.75, 3.05) is 26.2 Å². The molecule has 5 nitrogen and oxygen atoms in total. The molecule has 0 bridgehead atoms. The lowest BCUT2D eigenvalue weighted by atomic mass is 10.0. The van der Waals surface area contributed by atoms with E-state index in [0.717, 1.165) is 11.3 Å². The lowest BCUT2D eigenvalue weighted by Crippen LogP contribution is -2.39. The van der Waals surface area contributed by atoms with Gasteiger partial charge >= 0.3 is 0 Å². The van der Waals surface area contributed by atoms with Crippen LogP contribution in [0.1, 0.15) is 15.9 Å². The summed E-state index contributed by atoms with van der Waals surface area (Å²) >= 11 is 0. The summed E-state index contributed by atoms with van der Waals surface area (Å²) in [7, 11) is 3.14. The zero-order valence-electron chi connectivity index (χ0n) is 12.6. The van der Waals surface area contributed by atoms with Crippen molar-refractivity contribution in [1.82, 2.24) is 5.01 Å². The van der Waals surface area contributed by atoms with E-state index in [1.165, 1.54) is 0 Å². The third-order valence-electron chi connectivity index (χ3n) is 3.65. The molecule has 2 aromatic rings. The summed E-state index contributed by atoms with van der Waals surface area (Å²) in [5.41, 5.74) is 5.79. The Balaban J connectivity index is 1.87. The van der Waals surface area contributed by atoms with Crippen LogP contribution in [0.3, 0.4) is 0 Å². The molecule has 1 aliphatic rings. The molecule has 0 spiro atoms. The van der Waals surface area contributed by atoms with Gasteiger partial charge in [-0.1, -0.05) is 30.3 Å². The molecule has 0 aliphatic carbocycles. The van der Waals surface area contributed by atoms with Gasteiger partial charge in [-0.3, -0.25) is 4.79 Å². The first kappa shape index (κ1) is 14.4. The Morgan fingerprint density at radius 2 is 1.77 bits per heavy atom. The van der Waals surface area contributed by atoms with Crippen molar-refractivity contribution in [3.8, 4) is 11.5 Å². The van der Waals surface area contributed by atoms with Crippen LogP contribution in [-0.4, -0.2) is 31.6 Å². The van der Waals surface area contributed by atoms with E-state index in [0.29, 0.717) is 30.2 Å². The third-order valence-corrected chi connectivity index (χ3v) is 3.65. The second-order valence-electron chi connectivity index (χ2n) is 5.13. The van der Waals surface area contributed by atoms with E-state index in [-0.39, 0.29) is 5.78 Å². The zero-order chi connectivity index (χ0) is 15.5. The normalized spacial score (nSPS) is 14.2. The number of hydrogen-bond donors (Lipinski definition) is 1. The SMILES string of the molecule is COc1cc2c(cc1OC)C(=O)CN(Cc1ccccc1)N2. The molecule has 0 saturated heterocycles. The molecule has 3 rings (SSSR count). The summed E-state index contributed by atoms with van der Waals surface area (Å²) in [5.74, 6) is 1.22. The summed E-state index contributed by atoms with van der Waals surface area (Å²) in [6.07, 6.45) is 0. The van der Waals surface area contributed by atoms with Gasteiger partial charge in [-0.05, 0) is 11.6 Å². The maximum absolute atomic E-state index is 12.4. The van der Waals surface area contributed by atoms with Crippen molar-refractivity contribution < 1.29 is 14.3 Å². The van der Waals surface area contributed by atoms with Gasteiger partial charge in [0.15, 0.2) is 17.3 Å². The Morgan fingerprint density at radius 1 is 1.09 bits per heavy atom. The number of carbonyl (C=O) groups excluding carboxylic acids is 1. The molecule has 0 saturated carbocycles. The van der Waals surface area contributed by atoms with Gasteiger partial charge in [-0.2, -0.15) is 0 Å². The van der Waals surface area contributed by atoms with E-state index in [4.69, 9.17) is 9.47 Å². The standard InChI is InChI=1S/C17H18N2O3/c1-21-16-8-13-14(9-17(16)22-2)18-19(11-15(13)20)10-12-6-4-3-5-7-12/h3-9,18H,10-11H2,1-2H3. The van der Waals surface area contributed by atoms with Crippen LogP contribution >= 0.6 is 0 Å². The number of ether oxygens (including phenoxy) is 2. The van der Waals surface area contributed by atoms with Crippen LogP contribution in [0.2, 0.25) is 0 Å². The van der Waals surface area contributed by atoms with Crippen molar-refractivity contribution in [2.45, 2.75) is 6.54 Å². The molecular formula is C17H18N2O3. The smallest absolute Gasteiger partial charge is 0.181 e. The van der Waals surface area contributed by atoms with E-state index in [2.05, 4.69) is 5.43 Å². The van der Waals surface area contributed by atoms with E-state index >= 15 is 0 Å². The minimum Gasteiger partial charge on any atom is -0.493 e. The van der Waals surface area contributed by atoms with E-state index in [1.807, 2.05) is 35.3 Å². The first-order valence-corrected chi connectivity index (χ1v) is 7.06. The Labute approximate surface area is 129 Å². The Hall–Kier alpha value is -2.53. The zero-order valence-corrected chi connectivity index (χ0v) is 12.6. The molecule has 2 aromatic carbocycles. The maximum Gasteiger partial charge on any atom is 0.181 e. The minimum absolute atomic E-state index is 0.0608. The van der Waals surface area contributed by atoms with Gasteiger partial charge in [0.2, 0.25) is 0 Å². The Bertz CT molecular complexity index is 686. The molecule has 1 N–H and O–H groups in total. The van der Waals surface area contributed by atoms with Crippen LogP contribution in [0.25, 0.3) is 0 Å². The van der Waals surface area contributed by atoms with E-state index < -0.39 is 0 Å². The fraction of sp³-hybridized carbons (Fsp3) is 0.235. The van der Waals surface area contributed by atoms with Gasteiger partial charge in [0, 0.05) is 18.2 Å². The average Bonchev–Trinajstić information content (AvgIpc) is 2.54. The third kappa shape index (κ3) is 2.76. The van der Waals surface area contributed by atoms with Crippen molar-refractivity contribution in [3.63, 3.8) is 0 Å². The van der Waals surface area contributed by atoms with Crippen LogP contribution in [0.15, 0.2) is 42.5 Å². The monoisotopic (exact) mass is 298 g/mol. The minimum atomic E-state index is 0.0608. The summed E-state index contributed by atoms with van der Waals surface area (Å²) in [4.78, 5) is 12.4. The topological polar surface area (TPSA) is 50.8 Å². The largest absolute Gasteiger partial charge is 0.493 e. The van der Waals surface area contributed by atoms with Crippen molar-refractivity contribution >= 4 is 11.5 Å². The van der Waals surface area contributed by atoms with Gasteiger partial charge in [-0.15, -0.1) is 0 Å². The quantitative estimate of drug-likeness (QED) is 0.940. The number of nitrogens with zero attached hydrogens (tertiary/aromatic N) is 1. The molecule has 0 fully saturated rings. The van der Waals surface area contributed by atoms with E-state index in [1.54, 1.807) is 26.4 Å². The first-order chi connectivity index (χ1) is 10.7. The van der Waals surface area contributed by atoms with Crippen LogP contribution < -0.4 is 14.9 Å². The number of nitrogens with one attached hydrogen (secondary N) is 1. The van der Waals surface area contributed by atoms with Crippen molar-refractivity contribution in [1.29, 1.82) is 0 Å². The van der Waals surface area contributed by atoms with Gasteiger partial charge in [0.05, 0.1) is 26.5 Å². The summed E-state index contributed by atoms with van der Waals surface area (Å²) in [5, 5.41) is 1.89.